The molecule has 0 bridgehead atoms. The van der Waals surface area contributed by atoms with Crippen molar-refractivity contribution >= 4 is 34.3 Å². The van der Waals surface area contributed by atoms with Gasteiger partial charge in [-0.15, -0.1) is 0 Å². The van der Waals surface area contributed by atoms with Crippen molar-refractivity contribution in [1.82, 2.24) is 20.3 Å². The Hall–Kier alpha value is -5.90. The number of nitrogens with two attached hydrogens (primary N) is 1. The topological polar surface area (TPSA) is 183 Å². The number of primary amides is 1. The first kappa shape index (κ1) is 34.0. The molecular weight excluding hydrogens is 664 g/mol. The van der Waals surface area contributed by atoms with Gasteiger partial charge in [0.1, 0.15) is 29.3 Å². The molecule has 2 atom stereocenters. The molecule has 0 aliphatic carbocycles. The first-order valence-electron chi connectivity index (χ1n) is 15.0. The average Bonchev–Trinajstić information content (AvgIpc) is 3.66. The van der Waals surface area contributed by atoms with Crippen LogP contribution in [0, 0.1) is 19.7 Å². The molecule has 5 aromatic rings. The maximum Gasteiger partial charge on any atom is 0.424 e. The summed E-state index contributed by atoms with van der Waals surface area (Å²) in [6.45, 7) is 2.88. The van der Waals surface area contributed by atoms with Crippen molar-refractivity contribution in [1.29, 1.82) is 0 Å². The molecule has 6 rings (SSSR count). The molecule has 1 aliphatic heterocycles. The summed E-state index contributed by atoms with van der Waals surface area (Å²) in [5.41, 5.74) is -0.112. The lowest BCUT2D eigenvalue weighted by Gasteiger charge is -2.31. The molecule has 3 amide bonds. The normalized spacial score (nSPS) is 16.7. The van der Waals surface area contributed by atoms with Crippen LogP contribution in [-0.2, 0) is 15.8 Å². The van der Waals surface area contributed by atoms with E-state index in [1.165, 1.54) is 50.5 Å². The van der Waals surface area contributed by atoms with Gasteiger partial charge < -0.3 is 30.6 Å². The molecule has 16 heteroatoms. The Bertz CT molecular complexity index is 2190. The summed E-state index contributed by atoms with van der Waals surface area (Å²) in [6, 6.07) is 9.69. The van der Waals surface area contributed by atoms with Crippen molar-refractivity contribution in [2.75, 3.05) is 18.5 Å². The second-order valence-corrected chi connectivity index (χ2v) is 12.1. The Labute approximate surface area is 280 Å². The van der Waals surface area contributed by atoms with E-state index in [1.807, 2.05) is 0 Å². The fraction of sp³-hybridized carbons (Fsp3) is 0.235. The standard InChI is InChI=1S/C34H28F4N6O6/c1-16-8-19-9-20(10-23(26(19)41-12-16)43-30(46)24-13-40-17(2)50-24)29(45)42-14-33(48,34(36,37)38)25-11-22-28(49-15-32(22,3)31(39)47)27(44-25)18-4-6-21(35)7-5-18/h4-13,48H,14-15H2,1-3H3,(H2,39,47)(H,42,45)(H,43,46)/t32-,33-/m0/s1. The minimum atomic E-state index is -5.43. The lowest BCUT2D eigenvalue weighted by atomic mass is 9.81. The molecule has 0 radical (unpaired) electrons. The highest BCUT2D eigenvalue weighted by Gasteiger charge is 2.57. The van der Waals surface area contributed by atoms with Crippen LogP contribution in [0.1, 0.15) is 50.5 Å². The molecule has 12 nitrogen and oxygen atoms in total. The summed E-state index contributed by atoms with van der Waals surface area (Å²) in [7, 11) is 0. The molecule has 0 fully saturated rings. The Morgan fingerprint density at radius 3 is 2.38 bits per heavy atom. The molecule has 0 saturated carbocycles. The van der Waals surface area contributed by atoms with Crippen molar-refractivity contribution in [3.05, 3.63) is 101 Å². The van der Waals surface area contributed by atoms with Crippen LogP contribution in [0.3, 0.4) is 0 Å². The number of rotatable bonds is 8. The molecule has 4 heterocycles. The summed E-state index contributed by atoms with van der Waals surface area (Å²) in [6.07, 6.45) is -2.70. The van der Waals surface area contributed by atoms with E-state index >= 15 is 0 Å². The zero-order valence-electron chi connectivity index (χ0n) is 26.6. The first-order valence-corrected chi connectivity index (χ1v) is 15.0. The number of halogens is 4. The van der Waals surface area contributed by atoms with Gasteiger partial charge in [-0.3, -0.25) is 19.4 Å². The molecule has 258 valence electrons. The summed E-state index contributed by atoms with van der Waals surface area (Å²) in [5, 5.41) is 16.5. The van der Waals surface area contributed by atoms with Crippen LogP contribution in [0.25, 0.3) is 22.2 Å². The van der Waals surface area contributed by atoms with E-state index in [0.717, 1.165) is 18.2 Å². The largest absolute Gasteiger partial charge is 0.489 e. The predicted octanol–water partition coefficient (Wildman–Crippen LogP) is 4.61. The number of benzene rings is 2. The van der Waals surface area contributed by atoms with Crippen molar-refractivity contribution in [2.24, 2.45) is 5.73 Å². The number of hydrogen-bond donors (Lipinski definition) is 4. The lowest BCUT2D eigenvalue weighted by molar-refractivity contribution is -0.265. The Morgan fingerprint density at radius 2 is 1.74 bits per heavy atom. The van der Waals surface area contributed by atoms with Gasteiger partial charge in [0.05, 0.1) is 29.6 Å². The maximum absolute atomic E-state index is 14.9. The fourth-order valence-electron chi connectivity index (χ4n) is 5.49. The van der Waals surface area contributed by atoms with E-state index in [-0.39, 0.29) is 57.6 Å². The lowest BCUT2D eigenvalue weighted by Crippen LogP contribution is -2.51. The number of nitrogens with one attached hydrogen (secondary N) is 2. The smallest absolute Gasteiger partial charge is 0.424 e. The van der Waals surface area contributed by atoms with Gasteiger partial charge in [-0.2, -0.15) is 13.2 Å². The van der Waals surface area contributed by atoms with Gasteiger partial charge in [-0.25, -0.2) is 14.4 Å². The van der Waals surface area contributed by atoms with Gasteiger partial charge in [-0.1, -0.05) is 0 Å². The third-order valence-electron chi connectivity index (χ3n) is 8.41. The highest BCUT2D eigenvalue weighted by atomic mass is 19.4. The summed E-state index contributed by atoms with van der Waals surface area (Å²) in [4.78, 5) is 51.2. The summed E-state index contributed by atoms with van der Waals surface area (Å²) in [5.74, 6) is -3.28. The van der Waals surface area contributed by atoms with E-state index in [2.05, 4.69) is 25.6 Å². The summed E-state index contributed by atoms with van der Waals surface area (Å²) >= 11 is 0. The van der Waals surface area contributed by atoms with Gasteiger partial charge in [0.25, 0.3) is 11.8 Å². The SMILES string of the molecule is Cc1cnc2c(NC(=O)c3cnc(C)o3)cc(C(=O)NC[C@](O)(c3cc4c(c(-c5ccc(F)cc5)n3)OC[C@]4(C)C(N)=O)C(F)(F)F)cc2c1. The van der Waals surface area contributed by atoms with Crippen LogP contribution in [-0.4, -0.2) is 57.1 Å². The second-order valence-electron chi connectivity index (χ2n) is 12.1. The summed E-state index contributed by atoms with van der Waals surface area (Å²) < 4.78 is 69.3. The van der Waals surface area contributed by atoms with Gasteiger partial charge in [0.2, 0.25) is 17.3 Å². The zero-order chi connectivity index (χ0) is 36.2. The number of pyridine rings is 2. The molecule has 0 spiro atoms. The minimum Gasteiger partial charge on any atom is -0.489 e. The van der Waals surface area contributed by atoms with Crippen LogP contribution in [0.2, 0.25) is 0 Å². The number of ether oxygens (including phenoxy) is 1. The van der Waals surface area contributed by atoms with E-state index in [9.17, 15) is 37.1 Å². The van der Waals surface area contributed by atoms with E-state index in [0.29, 0.717) is 10.9 Å². The number of fused-ring (bicyclic) bond motifs is 2. The number of nitrogens with zero attached hydrogens (tertiary/aromatic N) is 3. The molecule has 0 saturated heterocycles. The third kappa shape index (κ3) is 5.97. The van der Waals surface area contributed by atoms with Crippen molar-refractivity contribution < 1.29 is 46.2 Å². The Kier molecular flexibility index (Phi) is 8.30. The number of aryl methyl sites for hydroxylation is 2. The Balaban J connectivity index is 1.39. The van der Waals surface area contributed by atoms with Crippen molar-refractivity contribution in [3.63, 3.8) is 0 Å². The van der Waals surface area contributed by atoms with Crippen molar-refractivity contribution in [3.8, 4) is 17.0 Å². The van der Waals surface area contributed by atoms with Crippen LogP contribution < -0.4 is 21.1 Å². The highest BCUT2D eigenvalue weighted by molar-refractivity contribution is 6.09. The number of carbonyl (C=O) groups is 3. The first-order chi connectivity index (χ1) is 23.5. The molecule has 50 heavy (non-hydrogen) atoms. The minimum absolute atomic E-state index is 0.0488. The van der Waals surface area contributed by atoms with Gasteiger partial charge >= 0.3 is 6.18 Å². The van der Waals surface area contributed by atoms with Crippen LogP contribution >= 0.6 is 0 Å². The fourth-order valence-corrected chi connectivity index (χ4v) is 5.49. The van der Waals surface area contributed by atoms with Gasteiger partial charge in [-0.05, 0) is 67.9 Å². The molecular formula is C34H28F4N6O6. The number of hydrogen-bond acceptors (Lipinski definition) is 9. The van der Waals surface area contributed by atoms with E-state index in [1.54, 1.807) is 13.0 Å². The average molecular weight is 693 g/mol. The molecule has 5 N–H and O–H groups in total. The predicted molar refractivity (Wildman–Crippen MR) is 170 cm³/mol. The number of amides is 3. The van der Waals surface area contributed by atoms with Gasteiger partial charge in [0, 0.05) is 35.2 Å². The number of alkyl halides is 3. The molecule has 2 aromatic carbocycles. The van der Waals surface area contributed by atoms with E-state index in [4.69, 9.17) is 14.9 Å². The van der Waals surface area contributed by atoms with E-state index < -0.39 is 53.0 Å². The highest BCUT2D eigenvalue weighted by Crippen LogP contribution is 2.47. The number of aliphatic hydroxyl groups is 1. The number of aromatic nitrogens is 3. The zero-order valence-corrected chi connectivity index (χ0v) is 26.6. The third-order valence-corrected chi connectivity index (χ3v) is 8.41. The number of oxazole rings is 1. The Morgan fingerprint density at radius 1 is 1.02 bits per heavy atom. The molecule has 1 aliphatic rings. The van der Waals surface area contributed by atoms with Crippen LogP contribution in [0.15, 0.2) is 65.3 Å². The monoisotopic (exact) mass is 692 g/mol. The van der Waals surface area contributed by atoms with Gasteiger partial charge in [0.15, 0.2) is 5.89 Å². The second kappa shape index (κ2) is 12.2. The van der Waals surface area contributed by atoms with Crippen LogP contribution in [0.5, 0.6) is 5.75 Å². The molecule has 3 aromatic heterocycles. The molecule has 0 unspecified atom stereocenters. The number of anilines is 1. The quantitative estimate of drug-likeness (QED) is 0.169. The van der Waals surface area contributed by atoms with Crippen LogP contribution in [0.4, 0.5) is 23.2 Å². The number of carbonyl (C=O) groups excluding carboxylic acids is 3. The maximum atomic E-state index is 14.9. The van der Waals surface area contributed by atoms with Crippen molar-refractivity contribution in [2.45, 2.75) is 38.0 Å².